The number of aliphatic hydroxyl groups is 1. The van der Waals surface area contributed by atoms with E-state index in [0.29, 0.717) is 12.5 Å². The molecular formula is C13H25N3O4. The monoisotopic (exact) mass is 287 g/mol. The van der Waals surface area contributed by atoms with Gasteiger partial charge in [-0.2, -0.15) is 0 Å². The maximum Gasteiger partial charge on any atom is 0.314 e. The van der Waals surface area contributed by atoms with Crippen LogP contribution in [0.2, 0.25) is 0 Å². The molecule has 0 radical (unpaired) electrons. The molecule has 1 heterocycles. The van der Waals surface area contributed by atoms with Gasteiger partial charge in [0, 0.05) is 13.1 Å². The van der Waals surface area contributed by atoms with E-state index in [1.165, 1.54) is 6.92 Å². The van der Waals surface area contributed by atoms with E-state index in [-0.39, 0.29) is 12.6 Å². The minimum atomic E-state index is -1.43. The summed E-state index contributed by atoms with van der Waals surface area (Å²) in [7, 11) is 2.08. The van der Waals surface area contributed by atoms with Crippen molar-refractivity contribution in [2.45, 2.75) is 31.8 Å². The third-order valence-corrected chi connectivity index (χ3v) is 3.55. The van der Waals surface area contributed by atoms with E-state index in [9.17, 15) is 14.7 Å². The van der Waals surface area contributed by atoms with Crippen LogP contribution < -0.4 is 10.6 Å². The number of hydrogen-bond donors (Lipinski definition) is 4. The van der Waals surface area contributed by atoms with Gasteiger partial charge in [-0.15, -0.1) is 0 Å². The smallest absolute Gasteiger partial charge is 0.314 e. The van der Waals surface area contributed by atoms with Crippen LogP contribution in [-0.4, -0.2) is 65.9 Å². The molecule has 0 aromatic heterocycles. The first kappa shape index (κ1) is 16.7. The molecule has 0 aliphatic carbocycles. The van der Waals surface area contributed by atoms with Gasteiger partial charge in [0.1, 0.15) is 0 Å². The van der Waals surface area contributed by atoms with E-state index in [2.05, 4.69) is 22.6 Å². The largest absolute Gasteiger partial charge is 0.481 e. The first-order valence-corrected chi connectivity index (χ1v) is 6.93. The van der Waals surface area contributed by atoms with Gasteiger partial charge in [0.25, 0.3) is 0 Å². The van der Waals surface area contributed by atoms with E-state index in [1.807, 2.05) is 0 Å². The first-order chi connectivity index (χ1) is 9.28. The highest BCUT2D eigenvalue weighted by Crippen LogP contribution is 2.14. The summed E-state index contributed by atoms with van der Waals surface area (Å²) in [6.07, 6.45) is 1.73. The number of hydrogen-bond acceptors (Lipinski definition) is 4. The lowest BCUT2D eigenvalue weighted by Gasteiger charge is -2.29. The van der Waals surface area contributed by atoms with E-state index < -0.39 is 18.0 Å². The van der Waals surface area contributed by atoms with Gasteiger partial charge in [-0.25, -0.2) is 4.79 Å². The van der Waals surface area contributed by atoms with Crippen LogP contribution >= 0.6 is 0 Å². The quantitative estimate of drug-likeness (QED) is 0.544. The summed E-state index contributed by atoms with van der Waals surface area (Å²) in [5, 5.41) is 23.6. The number of nitrogens with zero attached hydrogens (tertiary/aromatic N) is 1. The van der Waals surface area contributed by atoms with Gasteiger partial charge < -0.3 is 25.7 Å². The van der Waals surface area contributed by atoms with E-state index in [0.717, 1.165) is 25.9 Å². The Balaban J connectivity index is 2.18. The van der Waals surface area contributed by atoms with Crippen molar-refractivity contribution in [2.75, 3.05) is 33.2 Å². The lowest BCUT2D eigenvalue weighted by atomic mass is 9.97. The van der Waals surface area contributed by atoms with Crippen LogP contribution in [0, 0.1) is 5.92 Å². The average molecular weight is 287 g/mol. The highest BCUT2D eigenvalue weighted by atomic mass is 16.4. The molecule has 1 aliphatic rings. The zero-order valence-electron chi connectivity index (χ0n) is 12.2. The summed E-state index contributed by atoms with van der Waals surface area (Å²) in [5.41, 5.74) is -1.43. The zero-order chi connectivity index (χ0) is 15.2. The molecule has 7 heteroatoms. The molecule has 0 aromatic carbocycles. The third kappa shape index (κ3) is 6.72. The Hall–Kier alpha value is -1.34. The molecule has 1 fully saturated rings. The predicted octanol–water partition coefficient (Wildman–Crippen LogP) is -0.147. The SMILES string of the molecule is CN1CCC(CNC(=O)NCC(C)(O)CC(=O)O)CC1. The highest BCUT2D eigenvalue weighted by molar-refractivity contribution is 5.74. The Bertz CT molecular complexity index is 339. The van der Waals surface area contributed by atoms with Crippen LogP contribution in [0.3, 0.4) is 0 Å². The van der Waals surface area contributed by atoms with Crippen LogP contribution in [0.25, 0.3) is 0 Å². The Morgan fingerprint density at radius 2 is 1.90 bits per heavy atom. The van der Waals surface area contributed by atoms with Gasteiger partial charge in [0.2, 0.25) is 0 Å². The van der Waals surface area contributed by atoms with Gasteiger partial charge >= 0.3 is 12.0 Å². The highest BCUT2D eigenvalue weighted by Gasteiger charge is 2.25. The van der Waals surface area contributed by atoms with Crippen molar-refractivity contribution in [3.63, 3.8) is 0 Å². The number of aliphatic carboxylic acids is 1. The summed E-state index contributed by atoms with van der Waals surface area (Å²) >= 11 is 0. The van der Waals surface area contributed by atoms with Gasteiger partial charge in [-0.3, -0.25) is 4.79 Å². The molecule has 0 saturated carbocycles. The first-order valence-electron chi connectivity index (χ1n) is 6.93. The van der Waals surface area contributed by atoms with Crippen LogP contribution in [0.1, 0.15) is 26.2 Å². The molecule has 1 saturated heterocycles. The Labute approximate surface area is 119 Å². The van der Waals surface area contributed by atoms with Gasteiger partial charge in [0.15, 0.2) is 0 Å². The number of urea groups is 1. The van der Waals surface area contributed by atoms with Crippen molar-refractivity contribution in [1.29, 1.82) is 0 Å². The molecule has 0 bridgehead atoms. The minimum absolute atomic E-state index is 0.0848. The Morgan fingerprint density at radius 3 is 2.45 bits per heavy atom. The summed E-state index contributed by atoms with van der Waals surface area (Å²) in [4.78, 5) is 24.4. The number of carbonyl (C=O) groups is 2. The molecule has 0 spiro atoms. The minimum Gasteiger partial charge on any atom is -0.481 e. The molecule has 7 nitrogen and oxygen atoms in total. The Morgan fingerprint density at radius 1 is 1.30 bits per heavy atom. The van der Waals surface area contributed by atoms with Gasteiger partial charge in [-0.05, 0) is 45.8 Å². The maximum atomic E-state index is 11.6. The molecule has 116 valence electrons. The number of likely N-dealkylation sites (tertiary alicyclic amines) is 1. The summed E-state index contributed by atoms with van der Waals surface area (Å²) in [6, 6.07) is -0.366. The fraction of sp³-hybridized carbons (Fsp3) is 0.846. The van der Waals surface area contributed by atoms with Crippen LogP contribution in [0.15, 0.2) is 0 Å². The van der Waals surface area contributed by atoms with Crippen molar-refractivity contribution in [3.8, 4) is 0 Å². The summed E-state index contributed by atoms with van der Waals surface area (Å²) < 4.78 is 0. The number of rotatable bonds is 6. The number of carboxylic acid groups (broad SMARTS) is 1. The molecule has 1 aliphatic heterocycles. The molecule has 4 N–H and O–H groups in total. The number of amides is 2. The summed E-state index contributed by atoms with van der Waals surface area (Å²) in [6.45, 7) is 4.00. The van der Waals surface area contributed by atoms with Crippen molar-refractivity contribution in [2.24, 2.45) is 5.92 Å². The number of piperidine rings is 1. The van der Waals surface area contributed by atoms with Crippen molar-refractivity contribution in [1.82, 2.24) is 15.5 Å². The number of carbonyl (C=O) groups excluding carboxylic acids is 1. The molecule has 20 heavy (non-hydrogen) atoms. The predicted molar refractivity (Wildman–Crippen MR) is 74.5 cm³/mol. The zero-order valence-corrected chi connectivity index (χ0v) is 12.2. The fourth-order valence-corrected chi connectivity index (χ4v) is 2.22. The summed E-state index contributed by atoms with van der Waals surface area (Å²) in [5.74, 6) is -0.611. The lowest BCUT2D eigenvalue weighted by Crippen LogP contribution is -2.47. The number of nitrogens with one attached hydrogen (secondary N) is 2. The topological polar surface area (TPSA) is 102 Å². The average Bonchev–Trinajstić information content (AvgIpc) is 2.34. The Kier molecular flexibility index (Phi) is 6.22. The molecular weight excluding hydrogens is 262 g/mol. The van der Waals surface area contributed by atoms with Crippen molar-refractivity contribution < 1.29 is 19.8 Å². The second kappa shape index (κ2) is 7.44. The van der Waals surface area contributed by atoms with Crippen LogP contribution in [-0.2, 0) is 4.79 Å². The van der Waals surface area contributed by atoms with Gasteiger partial charge in [-0.1, -0.05) is 0 Å². The van der Waals surface area contributed by atoms with Crippen molar-refractivity contribution >= 4 is 12.0 Å². The fourth-order valence-electron chi connectivity index (χ4n) is 2.22. The second-order valence-electron chi connectivity index (χ2n) is 5.88. The molecule has 1 unspecified atom stereocenters. The molecule has 1 rings (SSSR count). The van der Waals surface area contributed by atoms with Crippen LogP contribution in [0.5, 0.6) is 0 Å². The van der Waals surface area contributed by atoms with E-state index >= 15 is 0 Å². The van der Waals surface area contributed by atoms with E-state index in [4.69, 9.17) is 5.11 Å². The van der Waals surface area contributed by atoms with Gasteiger partial charge in [0.05, 0.1) is 12.0 Å². The van der Waals surface area contributed by atoms with E-state index in [1.54, 1.807) is 0 Å². The maximum absolute atomic E-state index is 11.6. The molecule has 0 aromatic rings. The molecule has 2 amide bonds. The second-order valence-corrected chi connectivity index (χ2v) is 5.88. The van der Waals surface area contributed by atoms with Crippen molar-refractivity contribution in [3.05, 3.63) is 0 Å². The third-order valence-electron chi connectivity index (χ3n) is 3.55. The number of carboxylic acids is 1. The molecule has 1 atom stereocenters. The standard InChI is InChI=1S/C13H25N3O4/c1-13(20,7-11(17)18)9-15-12(19)14-8-10-3-5-16(2)6-4-10/h10,20H,3-9H2,1-2H3,(H,17,18)(H2,14,15,19). The lowest BCUT2D eigenvalue weighted by molar-refractivity contribution is -0.141. The normalized spacial score (nSPS) is 20.1. The van der Waals surface area contributed by atoms with Crippen LogP contribution in [0.4, 0.5) is 4.79 Å².